The molecule has 6 amide bonds. The van der Waals surface area contributed by atoms with Crippen molar-refractivity contribution < 1.29 is 38.2 Å². The Morgan fingerprint density at radius 1 is 0.847 bits per heavy atom. The molecule has 18 nitrogen and oxygen atoms in total. The number of benzene rings is 1. The Kier molecular flexibility index (Phi) is 11.7. The van der Waals surface area contributed by atoms with Crippen LogP contribution in [0.25, 0.3) is 10.9 Å². The summed E-state index contributed by atoms with van der Waals surface area (Å²) in [5.41, 5.74) is 2.78. The van der Waals surface area contributed by atoms with Gasteiger partial charge in [-0.15, -0.1) is 0 Å². The lowest BCUT2D eigenvalue weighted by atomic mass is 9.79. The predicted molar refractivity (Wildman–Crippen MR) is 214 cm³/mol. The number of pyridine rings is 3. The number of ether oxygens (including phenoxy) is 2. The topological polar surface area (TPSA) is 235 Å². The lowest BCUT2D eigenvalue weighted by Crippen LogP contribution is -2.54. The third kappa shape index (κ3) is 9.13. The van der Waals surface area contributed by atoms with Crippen LogP contribution in [0, 0.1) is 5.92 Å². The Hall–Kier alpha value is -6.53. The highest BCUT2D eigenvalue weighted by Crippen LogP contribution is 2.33. The standard InChI is InChI=1S/C41H44N10O8/c52-35-9-7-32(39(55)50-35)51-40(56)27-2-1-3-30(36(27)41(51)57)43-12-14-58-16-17-59-15-13-44-37(53)24-18-26(19-24)47-38(54)28-22-45-34(20-31(28)46-25-5-6-25)49-33-8-4-23-21-42-11-10-29(23)48-33/h1-4,8,10-11,20-22,24-26,32,43H,5-7,9,12-19H2,(H,44,53)(H,47,54)(H,50,52,55)(H2,45,46,48,49)/t24?,26?,32-/m1/s1. The lowest BCUT2D eigenvalue weighted by molar-refractivity contribution is -0.136. The van der Waals surface area contributed by atoms with Gasteiger partial charge in [-0.3, -0.25) is 44.0 Å². The van der Waals surface area contributed by atoms with E-state index in [2.05, 4.69) is 46.9 Å². The SMILES string of the molecule is O=C1CC[C@@H](N2C(=O)c3cccc(NCCOCCOCCNC(=O)C4CC(NC(=O)c5cnc(Nc6ccc7cnccc7n6)cc5NC5CC5)C4)c3C2=O)C(=O)N1. The first kappa shape index (κ1) is 39.3. The van der Waals surface area contributed by atoms with Gasteiger partial charge in [-0.2, -0.15) is 0 Å². The van der Waals surface area contributed by atoms with E-state index >= 15 is 0 Å². The predicted octanol–water partition coefficient (Wildman–Crippen LogP) is 2.51. The number of anilines is 4. The molecular formula is C41H44N10O8. The van der Waals surface area contributed by atoms with Crippen LogP contribution in [0.2, 0.25) is 0 Å². The second-order valence-electron chi connectivity index (χ2n) is 14.9. The minimum absolute atomic E-state index is 0.0499. The molecule has 5 heterocycles. The van der Waals surface area contributed by atoms with E-state index in [-0.39, 0.29) is 47.7 Å². The molecule has 4 aromatic rings. The summed E-state index contributed by atoms with van der Waals surface area (Å²) in [6.45, 7) is 1.89. The zero-order valence-electron chi connectivity index (χ0n) is 32.1. The highest BCUT2D eigenvalue weighted by molar-refractivity contribution is 6.25. The Balaban J connectivity index is 0.701. The molecule has 0 unspecified atom stereocenters. The summed E-state index contributed by atoms with van der Waals surface area (Å²) in [7, 11) is 0. The van der Waals surface area contributed by atoms with Crippen LogP contribution in [0.4, 0.5) is 23.0 Å². The van der Waals surface area contributed by atoms with E-state index in [9.17, 15) is 28.8 Å². The minimum Gasteiger partial charge on any atom is -0.382 e. The van der Waals surface area contributed by atoms with Gasteiger partial charge in [0.15, 0.2) is 0 Å². The number of imide groups is 2. The molecule has 8 rings (SSSR count). The molecule has 2 saturated carbocycles. The maximum absolute atomic E-state index is 13.3. The molecule has 0 spiro atoms. The number of fused-ring (bicyclic) bond motifs is 2. The number of rotatable bonds is 18. The van der Waals surface area contributed by atoms with Gasteiger partial charge in [0.25, 0.3) is 17.7 Å². The molecular weight excluding hydrogens is 761 g/mol. The summed E-state index contributed by atoms with van der Waals surface area (Å²) in [5, 5.41) is 18.9. The van der Waals surface area contributed by atoms with Gasteiger partial charge >= 0.3 is 0 Å². The van der Waals surface area contributed by atoms with Crippen molar-refractivity contribution in [2.45, 2.75) is 56.7 Å². The molecule has 3 aromatic heterocycles. The number of hydrogen-bond acceptors (Lipinski definition) is 14. The van der Waals surface area contributed by atoms with Gasteiger partial charge in [-0.1, -0.05) is 6.07 Å². The molecule has 59 heavy (non-hydrogen) atoms. The third-order valence-electron chi connectivity index (χ3n) is 10.6. The summed E-state index contributed by atoms with van der Waals surface area (Å²) in [6, 6.07) is 11.5. The second-order valence-corrected chi connectivity index (χ2v) is 14.9. The van der Waals surface area contributed by atoms with Gasteiger partial charge in [0, 0.05) is 73.2 Å². The van der Waals surface area contributed by atoms with Crippen molar-refractivity contribution in [1.29, 1.82) is 0 Å². The molecule has 1 atom stereocenters. The van der Waals surface area contributed by atoms with E-state index in [1.54, 1.807) is 30.7 Å². The van der Waals surface area contributed by atoms with Crippen molar-refractivity contribution in [2.24, 2.45) is 5.92 Å². The summed E-state index contributed by atoms with van der Waals surface area (Å²) in [6.07, 6.45) is 8.29. The fourth-order valence-electron chi connectivity index (χ4n) is 7.28. The quantitative estimate of drug-likeness (QED) is 0.0627. The van der Waals surface area contributed by atoms with Crippen LogP contribution in [0.15, 0.2) is 61.1 Å². The molecule has 4 aliphatic rings. The number of hydrogen-bond donors (Lipinski definition) is 6. The van der Waals surface area contributed by atoms with Crippen molar-refractivity contribution >= 4 is 69.4 Å². The summed E-state index contributed by atoms with van der Waals surface area (Å²) in [4.78, 5) is 90.4. The Morgan fingerprint density at radius 2 is 1.66 bits per heavy atom. The number of amides is 6. The van der Waals surface area contributed by atoms with E-state index in [1.807, 2.05) is 24.3 Å². The first-order valence-corrected chi connectivity index (χ1v) is 19.8. The number of aromatic nitrogens is 3. The zero-order valence-corrected chi connectivity index (χ0v) is 32.1. The van der Waals surface area contributed by atoms with Gasteiger partial charge in [-0.05, 0) is 62.4 Å². The van der Waals surface area contributed by atoms with Gasteiger partial charge in [0.05, 0.1) is 54.3 Å². The summed E-state index contributed by atoms with van der Waals surface area (Å²) < 4.78 is 11.2. The highest BCUT2D eigenvalue weighted by Gasteiger charge is 2.45. The summed E-state index contributed by atoms with van der Waals surface area (Å²) in [5.74, 6) is -1.57. The van der Waals surface area contributed by atoms with Gasteiger partial charge in [-0.25, -0.2) is 9.97 Å². The number of nitrogens with one attached hydrogen (secondary N) is 6. The average molecular weight is 805 g/mol. The highest BCUT2D eigenvalue weighted by atomic mass is 16.5. The normalized spacial score (nSPS) is 19.8. The molecule has 306 valence electrons. The minimum atomic E-state index is -1.03. The first-order valence-electron chi connectivity index (χ1n) is 19.8. The van der Waals surface area contributed by atoms with E-state index in [0.717, 1.165) is 28.6 Å². The smallest absolute Gasteiger partial charge is 0.264 e. The largest absolute Gasteiger partial charge is 0.382 e. The fourth-order valence-corrected chi connectivity index (χ4v) is 7.28. The van der Waals surface area contributed by atoms with Crippen molar-refractivity contribution in [3.05, 3.63) is 77.7 Å². The van der Waals surface area contributed by atoms with Crippen molar-refractivity contribution in [1.82, 2.24) is 35.8 Å². The Labute approximate surface area is 338 Å². The average Bonchev–Trinajstić information content (AvgIpc) is 4.00. The maximum atomic E-state index is 13.3. The zero-order chi connectivity index (χ0) is 40.9. The van der Waals surface area contributed by atoms with E-state index in [0.29, 0.717) is 87.0 Å². The molecule has 0 bridgehead atoms. The molecule has 1 saturated heterocycles. The van der Waals surface area contributed by atoms with Crippen molar-refractivity contribution in [2.75, 3.05) is 55.5 Å². The Bertz CT molecular complexity index is 2300. The van der Waals surface area contributed by atoms with E-state index < -0.39 is 29.7 Å². The molecule has 1 aromatic carbocycles. The monoisotopic (exact) mass is 804 g/mol. The lowest BCUT2D eigenvalue weighted by Gasteiger charge is -2.34. The maximum Gasteiger partial charge on any atom is 0.264 e. The van der Waals surface area contributed by atoms with Gasteiger partial charge < -0.3 is 36.1 Å². The molecule has 0 radical (unpaired) electrons. The van der Waals surface area contributed by atoms with Crippen LogP contribution in [-0.2, 0) is 23.9 Å². The fraction of sp³-hybridized carbons (Fsp3) is 0.390. The van der Waals surface area contributed by atoms with Crippen LogP contribution in [0.5, 0.6) is 0 Å². The number of carbonyl (C=O) groups is 6. The number of nitrogens with zero attached hydrogens (tertiary/aromatic N) is 4. The van der Waals surface area contributed by atoms with E-state index in [1.165, 1.54) is 6.07 Å². The van der Waals surface area contributed by atoms with Crippen molar-refractivity contribution in [3.63, 3.8) is 0 Å². The van der Waals surface area contributed by atoms with Crippen LogP contribution < -0.4 is 31.9 Å². The molecule has 2 aliphatic heterocycles. The molecule has 2 aliphatic carbocycles. The van der Waals surface area contributed by atoms with Crippen LogP contribution in [-0.4, -0.2) is 113 Å². The van der Waals surface area contributed by atoms with Crippen LogP contribution in [0.3, 0.4) is 0 Å². The van der Waals surface area contributed by atoms with E-state index in [4.69, 9.17) is 9.47 Å². The molecule has 3 fully saturated rings. The van der Waals surface area contributed by atoms with Crippen LogP contribution in [0.1, 0.15) is 69.6 Å². The number of piperidine rings is 1. The Morgan fingerprint density at radius 3 is 2.46 bits per heavy atom. The van der Waals surface area contributed by atoms with Crippen molar-refractivity contribution in [3.8, 4) is 0 Å². The molecule has 18 heteroatoms. The first-order chi connectivity index (χ1) is 28.7. The van der Waals surface area contributed by atoms with Gasteiger partial charge in [0.2, 0.25) is 17.7 Å². The molecule has 6 N–H and O–H groups in total. The summed E-state index contributed by atoms with van der Waals surface area (Å²) >= 11 is 0. The number of carbonyl (C=O) groups excluding carboxylic acids is 6. The second kappa shape index (κ2) is 17.5. The van der Waals surface area contributed by atoms with Crippen LogP contribution >= 0.6 is 0 Å². The van der Waals surface area contributed by atoms with Gasteiger partial charge in [0.1, 0.15) is 17.7 Å². The third-order valence-corrected chi connectivity index (χ3v) is 10.6.